The van der Waals surface area contributed by atoms with Crippen LogP contribution < -0.4 is 5.32 Å². The van der Waals surface area contributed by atoms with E-state index in [0.29, 0.717) is 5.56 Å². The Morgan fingerprint density at radius 3 is 2.22 bits per heavy atom. The average Bonchev–Trinajstić information content (AvgIpc) is 2.26. The van der Waals surface area contributed by atoms with Crippen LogP contribution in [0.5, 0.6) is 0 Å². The fourth-order valence-corrected chi connectivity index (χ4v) is 1.40. The van der Waals surface area contributed by atoms with Gasteiger partial charge >= 0.3 is 6.09 Å². The zero-order chi connectivity index (χ0) is 13.8. The summed E-state index contributed by atoms with van der Waals surface area (Å²) in [5.41, 5.74) is 0.000581. The van der Waals surface area contributed by atoms with Crippen molar-refractivity contribution in [2.45, 2.75) is 39.3 Å². The van der Waals surface area contributed by atoms with Gasteiger partial charge in [-0.3, -0.25) is 4.79 Å². The van der Waals surface area contributed by atoms with Gasteiger partial charge in [-0.05, 0) is 27.7 Å². The van der Waals surface area contributed by atoms with Gasteiger partial charge in [0.15, 0.2) is 5.78 Å². The Bertz CT molecular complexity index is 420. The van der Waals surface area contributed by atoms with Crippen molar-refractivity contribution in [2.24, 2.45) is 0 Å². The molecule has 1 rings (SSSR count). The molecule has 1 aromatic rings. The third kappa shape index (κ3) is 4.57. The Balaban J connectivity index is 2.59. The van der Waals surface area contributed by atoms with E-state index in [1.165, 1.54) is 0 Å². The van der Waals surface area contributed by atoms with Gasteiger partial charge in [0.25, 0.3) is 0 Å². The van der Waals surface area contributed by atoms with Gasteiger partial charge in [-0.1, -0.05) is 30.3 Å². The molecule has 0 aliphatic carbocycles. The number of nitrogens with one attached hydrogen (secondary N) is 1. The van der Waals surface area contributed by atoms with Crippen molar-refractivity contribution in [3.63, 3.8) is 0 Å². The molecule has 0 unspecified atom stereocenters. The number of hydrogen-bond acceptors (Lipinski definition) is 3. The lowest BCUT2D eigenvalue weighted by Gasteiger charge is -2.21. The Morgan fingerprint density at radius 2 is 1.72 bits per heavy atom. The summed E-state index contributed by atoms with van der Waals surface area (Å²) in [6, 6.07) is 8.23. The number of hydrogen-bond donors (Lipinski definition) is 1. The van der Waals surface area contributed by atoms with Crippen molar-refractivity contribution >= 4 is 11.9 Å². The number of amides is 1. The first-order valence-electron chi connectivity index (χ1n) is 5.88. The van der Waals surface area contributed by atoms with Crippen molar-refractivity contribution in [3.8, 4) is 0 Å². The van der Waals surface area contributed by atoms with Crippen molar-refractivity contribution < 1.29 is 14.3 Å². The second kappa shape index (κ2) is 5.67. The molecule has 1 N–H and O–H groups in total. The number of alkyl carbamates (subject to hydrolysis) is 1. The highest BCUT2D eigenvalue weighted by Gasteiger charge is 2.21. The van der Waals surface area contributed by atoms with E-state index in [1.807, 2.05) is 6.07 Å². The average molecular weight is 249 g/mol. The summed E-state index contributed by atoms with van der Waals surface area (Å²) in [7, 11) is 0. The van der Waals surface area contributed by atoms with E-state index in [2.05, 4.69) is 5.32 Å². The number of Topliss-reactive ketones (excluding diaryl/α,β-unsaturated/α-hetero) is 1. The minimum atomic E-state index is -0.609. The van der Waals surface area contributed by atoms with Crippen LogP contribution in [0.2, 0.25) is 0 Å². The maximum atomic E-state index is 12.0. The molecule has 4 nitrogen and oxygen atoms in total. The van der Waals surface area contributed by atoms with E-state index in [9.17, 15) is 9.59 Å². The summed E-state index contributed by atoms with van der Waals surface area (Å²) < 4.78 is 5.09. The Labute approximate surface area is 107 Å². The van der Waals surface area contributed by atoms with Crippen molar-refractivity contribution in [1.82, 2.24) is 5.32 Å². The largest absolute Gasteiger partial charge is 0.444 e. The van der Waals surface area contributed by atoms with Gasteiger partial charge in [0, 0.05) is 5.56 Å². The maximum absolute atomic E-state index is 12.0. The van der Waals surface area contributed by atoms with Crippen LogP contribution in [-0.2, 0) is 4.74 Å². The molecule has 0 spiro atoms. The highest BCUT2D eigenvalue weighted by molar-refractivity contribution is 6.01. The first-order chi connectivity index (χ1) is 8.29. The molecule has 0 aromatic heterocycles. The lowest BCUT2D eigenvalue weighted by molar-refractivity contribution is 0.0497. The topological polar surface area (TPSA) is 55.4 Å². The fraction of sp³-hybridized carbons (Fsp3) is 0.429. The Kier molecular flexibility index (Phi) is 4.48. The minimum Gasteiger partial charge on any atom is -0.444 e. The predicted octanol–water partition coefficient (Wildman–Crippen LogP) is 2.78. The molecule has 1 amide bonds. The van der Waals surface area contributed by atoms with Gasteiger partial charge in [-0.15, -0.1) is 0 Å². The fourth-order valence-electron chi connectivity index (χ4n) is 1.40. The molecule has 0 heterocycles. The van der Waals surface area contributed by atoms with Gasteiger partial charge in [0.05, 0.1) is 6.04 Å². The SMILES string of the molecule is C[C@H](NC(=O)OC(C)(C)C)C(=O)c1ccccc1. The quantitative estimate of drug-likeness (QED) is 0.838. The van der Waals surface area contributed by atoms with Gasteiger partial charge in [-0.25, -0.2) is 4.79 Å². The lowest BCUT2D eigenvalue weighted by atomic mass is 10.1. The third-order valence-electron chi connectivity index (χ3n) is 2.18. The summed E-state index contributed by atoms with van der Waals surface area (Å²) in [4.78, 5) is 23.5. The molecule has 0 aliphatic rings. The number of ketones is 1. The Morgan fingerprint density at radius 1 is 1.17 bits per heavy atom. The summed E-state index contributed by atoms with van der Waals surface area (Å²) >= 11 is 0. The van der Waals surface area contributed by atoms with Crippen molar-refractivity contribution in [3.05, 3.63) is 35.9 Å². The Hall–Kier alpha value is -1.84. The number of carbonyl (C=O) groups is 2. The molecule has 1 atom stereocenters. The van der Waals surface area contributed by atoms with Gasteiger partial charge in [0.2, 0.25) is 0 Å². The van der Waals surface area contributed by atoms with Gasteiger partial charge in [0.1, 0.15) is 5.60 Å². The summed E-state index contributed by atoms with van der Waals surface area (Å²) in [5, 5.41) is 2.52. The molecule has 1 aromatic carbocycles. The van der Waals surface area contributed by atoms with Crippen LogP contribution in [0.3, 0.4) is 0 Å². The number of rotatable bonds is 3. The second-order valence-electron chi connectivity index (χ2n) is 5.10. The normalized spacial score (nSPS) is 12.7. The molecule has 18 heavy (non-hydrogen) atoms. The van der Waals surface area contributed by atoms with Crippen LogP contribution in [0, 0.1) is 0 Å². The third-order valence-corrected chi connectivity index (χ3v) is 2.18. The number of benzene rings is 1. The van der Waals surface area contributed by atoms with E-state index in [0.717, 1.165) is 0 Å². The highest BCUT2D eigenvalue weighted by atomic mass is 16.6. The summed E-state index contributed by atoms with van der Waals surface area (Å²) in [5.74, 6) is -0.138. The van der Waals surface area contributed by atoms with E-state index in [1.54, 1.807) is 52.0 Å². The molecule has 0 aliphatic heterocycles. The zero-order valence-corrected chi connectivity index (χ0v) is 11.2. The summed E-state index contributed by atoms with van der Waals surface area (Å²) in [6.07, 6.45) is -0.584. The second-order valence-corrected chi connectivity index (χ2v) is 5.10. The highest BCUT2D eigenvalue weighted by Crippen LogP contribution is 2.08. The first kappa shape index (κ1) is 14.2. The molecule has 98 valence electrons. The minimum absolute atomic E-state index is 0.138. The van der Waals surface area contributed by atoms with Gasteiger partial charge < -0.3 is 10.1 Å². The van der Waals surface area contributed by atoms with Crippen LogP contribution in [0.4, 0.5) is 4.79 Å². The van der Waals surface area contributed by atoms with Crippen LogP contribution >= 0.6 is 0 Å². The van der Waals surface area contributed by atoms with E-state index < -0.39 is 17.7 Å². The van der Waals surface area contributed by atoms with Crippen molar-refractivity contribution in [1.29, 1.82) is 0 Å². The van der Waals surface area contributed by atoms with Gasteiger partial charge in [-0.2, -0.15) is 0 Å². The molecule has 0 bridgehead atoms. The van der Waals surface area contributed by atoms with E-state index in [4.69, 9.17) is 4.74 Å². The summed E-state index contributed by atoms with van der Waals surface area (Å²) in [6.45, 7) is 6.96. The molecule has 0 saturated carbocycles. The molecule has 0 fully saturated rings. The smallest absolute Gasteiger partial charge is 0.408 e. The molecule has 0 saturated heterocycles. The first-order valence-corrected chi connectivity index (χ1v) is 5.88. The number of carbonyl (C=O) groups excluding carboxylic acids is 2. The monoisotopic (exact) mass is 249 g/mol. The lowest BCUT2D eigenvalue weighted by Crippen LogP contribution is -2.41. The maximum Gasteiger partial charge on any atom is 0.408 e. The van der Waals surface area contributed by atoms with E-state index in [-0.39, 0.29) is 5.78 Å². The molecular weight excluding hydrogens is 230 g/mol. The van der Waals surface area contributed by atoms with Crippen LogP contribution in [0.25, 0.3) is 0 Å². The van der Waals surface area contributed by atoms with Crippen LogP contribution in [0.15, 0.2) is 30.3 Å². The standard InChI is InChI=1S/C14H19NO3/c1-10(15-13(17)18-14(2,3)4)12(16)11-8-6-5-7-9-11/h5-10H,1-4H3,(H,15,17)/t10-/m0/s1. The van der Waals surface area contributed by atoms with Crippen LogP contribution in [-0.4, -0.2) is 23.5 Å². The predicted molar refractivity (Wildman–Crippen MR) is 69.6 cm³/mol. The zero-order valence-electron chi connectivity index (χ0n) is 11.2. The molecule has 4 heteroatoms. The molecular formula is C14H19NO3. The molecule has 0 radical (unpaired) electrons. The van der Waals surface area contributed by atoms with E-state index >= 15 is 0 Å². The van der Waals surface area contributed by atoms with Crippen LogP contribution in [0.1, 0.15) is 38.1 Å². The van der Waals surface area contributed by atoms with Crippen molar-refractivity contribution in [2.75, 3.05) is 0 Å². The number of ether oxygens (including phenoxy) is 1.